The van der Waals surface area contributed by atoms with Gasteiger partial charge in [-0.2, -0.15) is 0 Å². The van der Waals surface area contributed by atoms with Crippen molar-refractivity contribution in [2.45, 2.75) is 32.2 Å². The maximum absolute atomic E-state index is 3.58. The van der Waals surface area contributed by atoms with Gasteiger partial charge in [0.25, 0.3) is 0 Å². The lowest BCUT2D eigenvalue weighted by Gasteiger charge is -2.18. The van der Waals surface area contributed by atoms with Crippen LogP contribution >= 0.6 is 31.9 Å². The fourth-order valence-corrected chi connectivity index (χ4v) is 3.38. The third-order valence-corrected chi connectivity index (χ3v) is 3.92. The molecule has 1 aliphatic rings. The molecule has 1 aliphatic carbocycles. The summed E-state index contributed by atoms with van der Waals surface area (Å²) in [7, 11) is 0. The predicted molar refractivity (Wildman–Crippen MR) is 75.6 cm³/mol. The van der Waals surface area contributed by atoms with Gasteiger partial charge in [-0.3, -0.25) is 0 Å². The van der Waals surface area contributed by atoms with Crippen LogP contribution in [0, 0.1) is 5.92 Å². The Morgan fingerprint density at radius 3 is 2.38 bits per heavy atom. The number of hydrogen-bond acceptors (Lipinski definition) is 1. The number of nitrogens with one attached hydrogen (secondary N) is 1. The van der Waals surface area contributed by atoms with E-state index < -0.39 is 0 Å². The second-order valence-electron chi connectivity index (χ2n) is 4.49. The van der Waals surface area contributed by atoms with Gasteiger partial charge in [-0.1, -0.05) is 51.6 Å². The third kappa shape index (κ3) is 3.57. The predicted octanol–water partition coefficient (Wildman–Crippen LogP) is 4.66. The van der Waals surface area contributed by atoms with Crippen molar-refractivity contribution in [1.82, 2.24) is 5.32 Å². The highest BCUT2D eigenvalue weighted by Crippen LogP contribution is 2.38. The Kier molecular flexibility index (Phi) is 4.45. The average molecular weight is 347 g/mol. The number of benzene rings is 1. The highest BCUT2D eigenvalue weighted by molar-refractivity contribution is 9.11. The quantitative estimate of drug-likeness (QED) is 0.817. The van der Waals surface area contributed by atoms with Crippen LogP contribution in [0.1, 0.15) is 37.8 Å². The van der Waals surface area contributed by atoms with Crippen LogP contribution in [0.2, 0.25) is 0 Å². The zero-order valence-electron chi connectivity index (χ0n) is 9.47. The molecule has 0 heterocycles. The molecule has 1 N–H and O–H groups in total. The molecule has 1 aromatic carbocycles. The second kappa shape index (κ2) is 5.65. The van der Waals surface area contributed by atoms with Gasteiger partial charge in [0.1, 0.15) is 0 Å². The molecule has 0 saturated heterocycles. The molecule has 0 bridgehead atoms. The maximum Gasteiger partial charge on any atom is 0.0323 e. The van der Waals surface area contributed by atoms with Gasteiger partial charge in [0.2, 0.25) is 0 Å². The minimum atomic E-state index is 0.506. The monoisotopic (exact) mass is 345 g/mol. The van der Waals surface area contributed by atoms with Gasteiger partial charge in [-0.25, -0.2) is 0 Å². The van der Waals surface area contributed by atoms with Crippen molar-refractivity contribution in [3.8, 4) is 0 Å². The fraction of sp³-hybridized carbons (Fsp3) is 0.538. The van der Waals surface area contributed by atoms with Crippen molar-refractivity contribution in [3.05, 3.63) is 32.7 Å². The molecule has 0 aromatic heterocycles. The van der Waals surface area contributed by atoms with Crippen LogP contribution in [0.25, 0.3) is 0 Å². The van der Waals surface area contributed by atoms with E-state index in [0.717, 1.165) is 21.4 Å². The van der Waals surface area contributed by atoms with Crippen LogP contribution in [0.15, 0.2) is 27.1 Å². The summed E-state index contributed by atoms with van der Waals surface area (Å²) < 4.78 is 2.30. The van der Waals surface area contributed by atoms with Gasteiger partial charge < -0.3 is 5.32 Å². The fourth-order valence-electron chi connectivity index (χ4n) is 2.05. The van der Waals surface area contributed by atoms with Gasteiger partial charge in [0.05, 0.1) is 0 Å². The second-order valence-corrected chi connectivity index (χ2v) is 6.32. The van der Waals surface area contributed by atoms with Crippen LogP contribution in [0.5, 0.6) is 0 Å². The standard InChI is InChI=1S/C13H17Br2N/c1-2-16-13(5-9-3-4-9)10-6-11(14)8-12(15)7-10/h6-9,13,16H,2-5H2,1H3. The Bertz CT molecular complexity index is 341. The summed E-state index contributed by atoms with van der Waals surface area (Å²) in [5, 5.41) is 3.58. The molecule has 16 heavy (non-hydrogen) atoms. The van der Waals surface area contributed by atoms with E-state index in [4.69, 9.17) is 0 Å². The first-order chi connectivity index (χ1) is 7.69. The van der Waals surface area contributed by atoms with Gasteiger partial charge in [0.15, 0.2) is 0 Å². The number of halogens is 2. The van der Waals surface area contributed by atoms with Gasteiger partial charge in [-0.05, 0) is 42.6 Å². The molecule has 1 fully saturated rings. The third-order valence-electron chi connectivity index (χ3n) is 3.00. The van der Waals surface area contributed by atoms with Gasteiger partial charge in [-0.15, -0.1) is 0 Å². The van der Waals surface area contributed by atoms with Crippen molar-refractivity contribution in [2.75, 3.05) is 6.54 Å². The molecular formula is C13H17Br2N. The first kappa shape index (κ1) is 12.6. The van der Waals surface area contributed by atoms with Crippen molar-refractivity contribution in [1.29, 1.82) is 0 Å². The Labute approximate surface area is 114 Å². The lowest BCUT2D eigenvalue weighted by Crippen LogP contribution is -2.21. The summed E-state index contributed by atoms with van der Waals surface area (Å²) in [4.78, 5) is 0. The molecule has 0 spiro atoms. The normalized spacial score (nSPS) is 17.4. The molecule has 88 valence electrons. The lowest BCUT2D eigenvalue weighted by atomic mass is 10.0. The SMILES string of the molecule is CCNC(CC1CC1)c1cc(Br)cc(Br)c1. The molecule has 0 radical (unpaired) electrons. The van der Waals surface area contributed by atoms with Crippen molar-refractivity contribution in [2.24, 2.45) is 5.92 Å². The summed E-state index contributed by atoms with van der Waals surface area (Å²) in [5.74, 6) is 0.946. The molecule has 1 atom stereocenters. The number of hydrogen-bond donors (Lipinski definition) is 1. The Hall–Kier alpha value is 0.140. The van der Waals surface area contributed by atoms with Crippen molar-refractivity contribution in [3.63, 3.8) is 0 Å². The Morgan fingerprint density at radius 1 is 1.25 bits per heavy atom. The topological polar surface area (TPSA) is 12.0 Å². The summed E-state index contributed by atoms with van der Waals surface area (Å²) in [6, 6.07) is 7.04. The first-order valence-electron chi connectivity index (χ1n) is 5.88. The molecule has 0 amide bonds. The molecule has 2 rings (SSSR count). The molecular weight excluding hydrogens is 330 g/mol. The zero-order valence-corrected chi connectivity index (χ0v) is 12.6. The van der Waals surface area contributed by atoms with Gasteiger partial charge in [0, 0.05) is 15.0 Å². The minimum absolute atomic E-state index is 0.506. The highest BCUT2D eigenvalue weighted by Gasteiger charge is 2.26. The highest BCUT2D eigenvalue weighted by atomic mass is 79.9. The van der Waals surface area contributed by atoms with Crippen LogP contribution < -0.4 is 5.32 Å². The first-order valence-corrected chi connectivity index (χ1v) is 7.47. The van der Waals surface area contributed by atoms with E-state index in [2.05, 4.69) is 62.3 Å². The molecule has 1 nitrogen and oxygen atoms in total. The van der Waals surface area contributed by atoms with E-state index in [-0.39, 0.29) is 0 Å². The van der Waals surface area contributed by atoms with E-state index in [1.54, 1.807) is 0 Å². The summed E-state index contributed by atoms with van der Waals surface area (Å²) in [6.45, 7) is 3.20. The molecule has 0 aliphatic heterocycles. The van der Waals surface area contributed by atoms with Crippen LogP contribution in [0.4, 0.5) is 0 Å². The largest absolute Gasteiger partial charge is 0.310 e. The Morgan fingerprint density at radius 2 is 1.88 bits per heavy atom. The molecule has 1 unspecified atom stereocenters. The van der Waals surface area contributed by atoms with Crippen LogP contribution in [-0.4, -0.2) is 6.54 Å². The Balaban J connectivity index is 2.15. The molecule has 1 aromatic rings. The van der Waals surface area contributed by atoms with Crippen molar-refractivity contribution >= 4 is 31.9 Å². The van der Waals surface area contributed by atoms with Gasteiger partial charge >= 0.3 is 0 Å². The lowest BCUT2D eigenvalue weighted by molar-refractivity contribution is 0.486. The van der Waals surface area contributed by atoms with Crippen LogP contribution in [-0.2, 0) is 0 Å². The van der Waals surface area contributed by atoms with E-state index in [0.29, 0.717) is 6.04 Å². The molecule has 1 saturated carbocycles. The number of rotatable bonds is 5. The summed E-state index contributed by atoms with van der Waals surface area (Å²) in [5.41, 5.74) is 1.38. The smallest absolute Gasteiger partial charge is 0.0323 e. The maximum atomic E-state index is 3.58. The van der Waals surface area contributed by atoms with E-state index in [1.807, 2.05) is 0 Å². The minimum Gasteiger partial charge on any atom is -0.310 e. The van der Waals surface area contributed by atoms with Crippen molar-refractivity contribution < 1.29 is 0 Å². The van der Waals surface area contributed by atoms with Crippen LogP contribution in [0.3, 0.4) is 0 Å². The summed E-state index contributed by atoms with van der Waals surface area (Å²) >= 11 is 7.11. The van der Waals surface area contributed by atoms with E-state index in [9.17, 15) is 0 Å². The zero-order chi connectivity index (χ0) is 11.5. The van der Waals surface area contributed by atoms with E-state index in [1.165, 1.54) is 24.8 Å². The molecule has 3 heteroatoms. The average Bonchev–Trinajstić information content (AvgIpc) is 2.99. The summed E-state index contributed by atoms with van der Waals surface area (Å²) in [6.07, 6.45) is 4.10. The van der Waals surface area contributed by atoms with E-state index >= 15 is 0 Å².